The number of nitrogens with two attached hydrogens (primary N) is 1. The first-order chi connectivity index (χ1) is 8.58. The molecular formula is C15H23ClN2. The zero-order valence-corrected chi connectivity index (χ0v) is 12.0. The van der Waals surface area contributed by atoms with Crippen molar-refractivity contribution in [2.75, 3.05) is 0 Å². The van der Waals surface area contributed by atoms with Crippen molar-refractivity contribution in [2.45, 2.75) is 45.6 Å². The first-order valence-corrected chi connectivity index (χ1v) is 7.29. The van der Waals surface area contributed by atoms with Gasteiger partial charge in [0.15, 0.2) is 0 Å². The molecule has 3 heteroatoms. The van der Waals surface area contributed by atoms with Crippen molar-refractivity contribution in [3.63, 3.8) is 0 Å². The maximum absolute atomic E-state index is 6.28. The summed E-state index contributed by atoms with van der Waals surface area (Å²) >= 11 is 6.19. The van der Waals surface area contributed by atoms with Gasteiger partial charge in [0.1, 0.15) is 0 Å². The molecule has 0 aromatic carbocycles. The van der Waals surface area contributed by atoms with Gasteiger partial charge in [0, 0.05) is 18.4 Å². The number of aromatic nitrogens is 1. The fourth-order valence-electron chi connectivity index (χ4n) is 3.02. The van der Waals surface area contributed by atoms with E-state index in [9.17, 15) is 0 Å². The first kappa shape index (κ1) is 13.8. The second-order valence-corrected chi connectivity index (χ2v) is 6.32. The molecule has 1 fully saturated rings. The van der Waals surface area contributed by atoms with Gasteiger partial charge in [-0.2, -0.15) is 0 Å². The molecule has 0 bridgehead atoms. The van der Waals surface area contributed by atoms with E-state index in [1.165, 1.54) is 18.4 Å². The quantitative estimate of drug-likeness (QED) is 0.907. The molecule has 1 heterocycles. The van der Waals surface area contributed by atoms with Gasteiger partial charge in [-0.15, -0.1) is 0 Å². The monoisotopic (exact) mass is 266 g/mol. The highest BCUT2D eigenvalue weighted by molar-refractivity contribution is 6.31. The molecule has 1 aromatic heterocycles. The Balaban J connectivity index is 2.05. The van der Waals surface area contributed by atoms with E-state index in [-0.39, 0.29) is 0 Å². The molecule has 1 saturated carbocycles. The van der Waals surface area contributed by atoms with Crippen molar-refractivity contribution in [3.8, 4) is 0 Å². The van der Waals surface area contributed by atoms with Crippen molar-refractivity contribution in [2.24, 2.45) is 23.5 Å². The van der Waals surface area contributed by atoms with Gasteiger partial charge in [0.05, 0.1) is 5.02 Å². The molecule has 2 rings (SSSR count). The van der Waals surface area contributed by atoms with Crippen LogP contribution in [0.4, 0.5) is 0 Å². The summed E-state index contributed by atoms with van der Waals surface area (Å²) in [5.41, 5.74) is 7.47. The van der Waals surface area contributed by atoms with Crippen LogP contribution in [0.25, 0.3) is 0 Å². The SMILES string of the molecule is CC(C)C1CCC(N)C(Cc2ccncc2Cl)C1. The second-order valence-electron chi connectivity index (χ2n) is 5.91. The van der Waals surface area contributed by atoms with Crippen molar-refractivity contribution in [1.29, 1.82) is 0 Å². The Bertz CT molecular complexity index is 392. The number of pyridine rings is 1. The van der Waals surface area contributed by atoms with Gasteiger partial charge in [0.25, 0.3) is 0 Å². The van der Waals surface area contributed by atoms with E-state index in [1.54, 1.807) is 6.20 Å². The van der Waals surface area contributed by atoms with E-state index in [1.807, 2.05) is 12.3 Å². The fraction of sp³-hybridized carbons (Fsp3) is 0.667. The lowest BCUT2D eigenvalue weighted by atomic mass is 9.72. The molecule has 3 atom stereocenters. The molecule has 18 heavy (non-hydrogen) atoms. The Morgan fingerprint density at radius 2 is 2.22 bits per heavy atom. The summed E-state index contributed by atoms with van der Waals surface area (Å²) < 4.78 is 0. The molecule has 2 N–H and O–H groups in total. The lowest BCUT2D eigenvalue weighted by Gasteiger charge is -2.36. The van der Waals surface area contributed by atoms with Crippen LogP contribution in [0, 0.1) is 17.8 Å². The molecule has 0 amide bonds. The largest absolute Gasteiger partial charge is 0.327 e. The maximum Gasteiger partial charge on any atom is 0.0621 e. The van der Waals surface area contributed by atoms with E-state index in [0.29, 0.717) is 12.0 Å². The van der Waals surface area contributed by atoms with Crippen molar-refractivity contribution >= 4 is 11.6 Å². The molecule has 0 aliphatic heterocycles. The summed E-state index contributed by atoms with van der Waals surface area (Å²) in [5, 5.41) is 0.774. The second kappa shape index (κ2) is 6.03. The predicted octanol–water partition coefficient (Wildman–Crippen LogP) is 3.68. The smallest absolute Gasteiger partial charge is 0.0621 e. The topological polar surface area (TPSA) is 38.9 Å². The van der Waals surface area contributed by atoms with Gasteiger partial charge in [0.2, 0.25) is 0 Å². The Morgan fingerprint density at radius 3 is 2.89 bits per heavy atom. The van der Waals surface area contributed by atoms with Crippen LogP contribution < -0.4 is 5.73 Å². The normalized spacial score (nSPS) is 28.6. The molecule has 1 aliphatic carbocycles. The molecular weight excluding hydrogens is 244 g/mol. The van der Waals surface area contributed by atoms with E-state index < -0.39 is 0 Å². The third-order valence-corrected chi connectivity index (χ3v) is 4.70. The minimum Gasteiger partial charge on any atom is -0.327 e. The zero-order chi connectivity index (χ0) is 13.1. The van der Waals surface area contributed by atoms with Crippen LogP contribution in [0.5, 0.6) is 0 Å². The number of hydrogen-bond donors (Lipinski definition) is 1. The molecule has 2 nitrogen and oxygen atoms in total. The van der Waals surface area contributed by atoms with E-state index in [2.05, 4.69) is 18.8 Å². The predicted molar refractivity (Wildman–Crippen MR) is 76.6 cm³/mol. The average molecular weight is 267 g/mol. The highest BCUT2D eigenvalue weighted by atomic mass is 35.5. The lowest BCUT2D eigenvalue weighted by molar-refractivity contribution is 0.189. The van der Waals surface area contributed by atoms with Crippen molar-refractivity contribution in [1.82, 2.24) is 4.98 Å². The van der Waals surface area contributed by atoms with Crippen molar-refractivity contribution in [3.05, 3.63) is 29.0 Å². The molecule has 1 aliphatic rings. The molecule has 0 saturated heterocycles. The third kappa shape index (κ3) is 3.24. The summed E-state index contributed by atoms with van der Waals surface area (Å²) in [7, 11) is 0. The minimum atomic E-state index is 0.323. The van der Waals surface area contributed by atoms with Crippen LogP contribution in [0.15, 0.2) is 18.5 Å². The summed E-state index contributed by atoms with van der Waals surface area (Å²) in [4.78, 5) is 4.04. The maximum atomic E-state index is 6.28. The molecule has 3 unspecified atom stereocenters. The zero-order valence-electron chi connectivity index (χ0n) is 11.3. The van der Waals surface area contributed by atoms with Gasteiger partial charge in [-0.05, 0) is 55.1 Å². The van der Waals surface area contributed by atoms with Gasteiger partial charge >= 0.3 is 0 Å². The van der Waals surface area contributed by atoms with Crippen molar-refractivity contribution < 1.29 is 0 Å². The van der Waals surface area contributed by atoms with Crippen LogP contribution in [-0.4, -0.2) is 11.0 Å². The van der Waals surface area contributed by atoms with Gasteiger partial charge in [-0.25, -0.2) is 0 Å². The van der Waals surface area contributed by atoms with Crippen LogP contribution >= 0.6 is 11.6 Å². The summed E-state index contributed by atoms with van der Waals surface area (Å²) in [6, 6.07) is 2.35. The van der Waals surface area contributed by atoms with Crippen LogP contribution in [-0.2, 0) is 6.42 Å². The van der Waals surface area contributed by atoms with E-state index >= 15 is 0 Å². The molecule has 0 radical (unpaired) electrons. The third-order valence-electron chi connectivity index (χ3n) is 4.36. The van der Waals surface area contributed by atoms with Gasteiger partial charge < -0.3 is 5.73 Å². The summed E-state index contributed by atoms with van der Waals surface area (Å²) in [6.07, 6.45) is 8.19. The first-order valence-electron chi connectivity index (χ1n) is 6.92. The highest BCUT2D eigenvalue weighted by Crippen LogP contribution is 2.35. The van der Waals surface area contributed by atoms with E-state index in [4.69, 9.17) is 17.3 Å². The minimum absolute atomic E-state index is 0.323. The average Bonchev–Trinajstić information content (AvgIpc) is 2.34. The van der Waals surface area contributed by atoms with Crippen LogP contribution in [0.1, 0.15) is 38.7 Å². The van der Waals surface area contributed by atoms with Gasteiger partial charge in [-0.1, -0.05) is 25.4 Å². The molecule has 0 spiro atoms. The summed E-state index contributed by atoms with van der Waals surface area (Å²) in [5.74, 6) is 2.13. The Morgan fingerprint density at radius 1 is 1.44 bits per heavy atom. The Hall–Kier alpha value is -0.600. The highest BCUT2D eigenvalue weighted by Gasteiger charge is 2.29. The Labute approximate surface area is 115 Å². The molecule has 100 valence electrons. The van der Waals surface area contributed by atoms with Crippen LogP contribution in [0.2, 0.25) is 5.02 Å². The fourth-order valence-corrected chi connectivity index (χ4v) is 3.21. The standard InChI is InChI=1S/C15H23ClN2/c1-10(2)11-3-4-15(17)13(7-11)8-12-5-6-18-9-14(12)16/h5-6,9-11,13,15H,3-4,7-8,17H2,1-2H3. The number of halogens is 1. The molecule has 1 aromatic rings. The van der Waals surface area contributed by atoms with E-state index in [0.717, 1.165) is 29.7 Å². The number of nitrogens with zero attached hydrogens (tertiary/aromatic N) is 1. The Kier molecular flexibility index (Phi) is 4.63. The summed E-state index contributed by atoms with van der Waals surface area (Å²) in [6.45, 7) is 4.63. The number of hydrogen-bond acceptors (Lipinski definition) is 2. The van der Waals surface area contributed by atoms with Gasteiger partial charge in [-0.3, -0.25) is 4.98 Å². The lowest BCUT2D eigenvalue weighted by Crippen LogP contribution is -2.38. The van der Waals surface area contributed by atoms with Crippen LogP contribution in [0.3, 0.4) is 0 Å². The number of rotatable bonds is 3.